The Balaban J connectivity index is 1.92. The van der Waals surface area contributed by atoms with E-state index in [1.807, 2.05) is 12.1 Å². The van der Waals surface area contributed by atoms with Gasteiger partial charge in [0.1, 0.15) is 11.2 Å². The van der Waals surface area contributed by atoms with E-state index < -0.39 is 0 Å². The Morgan fingerprint density at radius 2 is 1.68 bits per heavy atom. The van der Waals surface area contributed by atoms with Crippen LogP contribution in [0.15, 0.2) is 77.3 Å². The lowest BCUT2D eigenvalue weighted by Gasteiger charge is -2.26. The molecule has 0 spiro atoms. The molecule has 2 aromatic carbocycles. The normalized spacial score (nSPS) is 17.2. The minimum absolute atomic E-state index is 0.00248. The molecule has 22 heavy (non-hydrogen) atoms. The Morgan fingerprint density at radius 3 is 2.50 bits per heavy atom. The number of rotatable bonds is 1. The molecule has 0 aliphatic heterocycles. The third-order valence-corrected chi connectivity index (χ3v) is 4.52. The molecule has 1 aliphatic carbocycles. The molecule has 0 radical (unpaired) electrons. The maximum atomic E-state index is 5.90. The molecule has 0 saturated heterocycles. The zero-order chi connectivity index (χ0) is 15.3. The van der Waals surface area contributed by atoms with Gasteiger partial charge in [0.2, 0.25) is 0 Å². The monoisotopic (exact) mass is 286 g/mol. The fourth-order valence-corrected chi connectivity index (χ4v) is 3.02. The van der Waals surface area contributed by atoms with Crippen LogP contribution in [-0.2, 0) is 0 Å². The maximum absolute atomic E-state index is 5.90. The topological polar surface area (TPSA) is 13.1 Å². The Morgan fingerprint density at radius 1 is 0.909 bits per heavy atom. The van der Waals surface area contributed by atoms with Crippen molar-refractivity contribution in [3.63, 3.8) is 0 Å². The van der Waals surface area contributed by atoms with Gasteiger partial charge in [-0.15, -0.1) is 0 Å². The molecule has 0 fully saturated rings. The molecule has 0 amide bonds. The van der Waals surface area contributed by atoms with Gasteiger partial charge in [-0.1, -0.05) is 62.9 Å². The summed E-state index contributed by atoms with van der Waals surface area (Å²) in [5.74, 6) is 0. The molecule has 3 aromatic rings. The van der Waals surface area contributed by atoms with E-state index in [2.05, 4.69) is 69.0 Å². The van der Waals surface area contributed by atoms with Crippen LogP contribution >= 0.6 is 0 Å². The van der Waals surface area contributed by atoms with E-state index in [9.17, 15) is 0 Å². The van der Waals surface area contributed by atoms with Gasteiger partial charge in [0.05, 0.1) is 0 Å². The zero-order valence-corrected chi connectivity index (χ0v) is 12.9. The zero-order valence-electron chi connectivity index (χ0n) is 12.9. The van der Waals surface area contributed by atoms with E-state index in [1.165, 1.54) is 21.9 Å². The second-order valence-electron chi connectivity index (χ2n) is 6.49. The van der Waals surface area contributed by atoms with Gasteiger partial charge in [-0.25, -0.2) is 0 Å². The number of para-hydroxylation sites is 1. The number of benzene rings is 2. The minimum Gasteiger partial charge on any atom is -0.456 e. The van der Waals surface area contributed by atoms with Crippen LogP contribution in [0.4, 0.5) is 0 Å². The van der Waals surface area contributed by atoms with Gasteiger partial charge in [0, 0.05) is 16.2 Å². The summed E-state index contributed by atoms with van der Waals surface area (Å²) in [5.41, 5.74) is 5.48. The summed E-state index contributed by atoms with van der Waals surface area (Å²) in [4.78, 5) is 0. The summed E-state index contributed by atoms with van der Waals surface area (Å²) in [6.07, 6.45) is 6.56. The van der Waals surface area contributed by atoms with E-state index in [0.717, 1.165) is 16.7 Å². The third-order valence-electron chi connectivity index (χ3n) is 4.52. The third kappa shape index (κ3) is 1.93. The Bertz CT molecular complexity index is 964. The molecule has 0 N–H and O–H groups in total. The van der Waals surface area contributed by atoms with Crippen LogP contribution < -0.4 is 0 Å². The van der Waals surface area contributed by atoms with Crippen molar-refractivity contribution in [2.45, 2.75) is 13.8 Å². The summed E-state index contributed by atoms with van der Waals surface area (Å²) < 4.78 is 5.90. The van der Waals surface area contributed by atoms with Crippen molar-refractivity contribution in [3.8, 4) is 0 Å². The minimum atomic E-state index is -0.00248. The van der Waals surface area contributed by atoms with Crippen molar-refractivity contribution in [2.24, 2.45) is 5.41 Å². The van der Waals surface area contributed by atoms with Crippen molar-refractivity contribution in [1.29, 1.82) is 0 Å². The summed E-state index contributed by atoms with van der Waals surface area (Å²) in [7, 11) is 0. The molecular weight excluding hydrogens is 268 g/mol. The molecule has 1 aliphatic rings. The Labute approximate surface area is 130 Å². The summed E-state index contributed by atoms with van der Waals surface area (Å²) in [6, 6.07) is 14.6. The molecule has 1 heteroatoms. The Hall–Kier alpha value is -2.54. The fraction of sp³-hybridized carbons (Fsp3) is 0.143. The number of furan rings is 1. The maximum Gasteiger partial charge on any atom is 0.135 e. The summed E-state index contributed by atoms with van der Waals surface area (Å²) in [5, 5.41) is 2.34. The average Bonchev–Trinajstić information content (AvgIpc) is 2.88. The van der Waals surface area contributed by atoms with Crippen LogP contribution in [-0.4, -0.2) is 0 Å². The van der Waals surface area contributed by atoms with Crippen LogP contribution in [0, 0.1) is 5.41 Å². The fourth-order valence-electron chi connectivity index (χ4n) is 3.02. The number of hydrogen-bond donors (Lipinski definition) is 0. The molecule has 0 bridgehead atoms. The molecule has 1 aromatic heterocycles. The predicted molar refractivity (Wildman–Crippen MR) is 93.8 cm³/mol. The summed E-state index contributed by atoms with van der Waals surface area (Å²) in [6.45, 7) is 8.53. The first-order valence-electron chi connectivity index (χ1n) is 7.57. The highest BCUT2D eigenvalue weighted by molar-refractivity contribution is 6.06. The first-order chi connectivity index (χ1) is 10.5. The van der Waals surface area contributed by atoms with Crippen LogP contribution in [0.25, 0.3) is 27.5 Å². The highest BCUT2D eigenvalue weighted by atomic mass is 16.3. The van der Waals surface area contributed by atoms with Crippen molar-refractivity contribution in [2.75, 3.05) is 0 Å². The van der Waals surface area contributed by atoms with Crippen LogP contribution in [0.5, 0.6) is 0 Å². The van der Waals surface area contributed by atoms with E-state index >= 15 is 0 Å². The standard InChI is InChI=1S/C21H18O/c1-14-8-9-16(13-21(14,2)3)15-10-11-20-18(12-15)17-6-4-5-7-19(17)22-20/h4-13H,1H2,2-3H3. The smallest absolute Gasteiger partial charge is 0.135 e. The van der Waals surface area contributed by atoms with E-state index in [0.29, 0.717) is 0 Å². The predicted octanol–water partition coefficient (Wildman–Crippen LogP) is 6.12. The highest BCUT2D eigenvalue weighted by Gasteiger charge is 2.21. The molecule has 0 unspecified atom stereocenters. The first kappa shape index (κ1) is 13.1. The highest BCUT2D eigenvalue weighted by Crippen LogP contribution is 2.38. The van der Waals surface area contributed by atoms with Gasteiger partial charge in [0.15, 0.2) is 0 Å². The molecule has 108 valence electrons. The van der Waals surface area contributed by atoms with E-state index in [-0.39, 0.29) is 5.41 Å². The van der Waals surface area contributed by atoms with Gasteiger partial charge in [0.25, 0.3) is 0 Å². The SMILES string of the molecule is C=C1C=CC(c2ccc3oc4ccccc4c3c2)=CC1(C)C. The molecule has 1 nitrogen and oxygen atoms in total. The van der Waals surface area contributed by atoms with Crippen molar-refractivity contribution in [3.05, 3.63) is 78.4 Å². The van der Waals surface area contributed by atoms with Crippen molar-refractivity contribution in [1.82, 2.24) is 0 Å². The lowest BCUT2D eigenvalue weighted by atomic mass is 9.78. The van der Waals surface area contributed by atoms with Crippen LogP contribution in [0.3, 0.4) is 0 Å². The quantitative estimate of drug-likeness (QED) is 0.525. The second-order valence-corrected chi connectivity index (χ2v) is 6.49. The number of fused-ring (bicyclic) bond motifs is 3. The van der Waals surface area contributed by atoms with E-state index in [4.69, 9.17) is 4.42 Å². The lowest BCUT2D eigenvalue weighted by molar-refractivity contribution is 0.596. The van der Waals surface area contributed by atoms with Crippen molar-refractivity contribution < 1.29 is 4.42 Å². The lowest BCUT2D eigenvalue weighted by Crippen LogP contribution is -2.12. The van der Waals surface area contributed by atoms with Gasteiger partial charge in [-0.2, -0.15) is 0 Å². The van der Waals surface area contributed by atoms with Crippen LogP contribution in [0.1, 0.15) is 19.4 Å². The molecule has 0 saturated carbocycles. The van der Waals surface area contributed by atoms with Gasteiger partial charge < -0.3 is 4.42 Å². The molecular formula is C21H18O. The summed E-state index contributed by atoms with van der Waals surface area (Å²) >= 11 is 0. The number of hydrogen-bond acceptors (Lipinski definition) is 1. The van der Waals surface area contributed by atoms with Crippen LogP contribution in [0.2, 0.25) is 0 Å². The second kappa shape index (κ2) is 4.48. The molecule has 4 rings (SSSR count). The van der Waals surface area contributed by atoms with Gasteiger partial charge in [-0.3, -0.25) is 0 Å². The van der Waals surface area contributed by atoms with Gasteiger partial charge in [-0.05, 0) is 34.9 Å². The number of allylic oxidation sites excluding steroid dienone is 5. The van der Waals surface area contributed by atoms with Gasteiger partial charge >= 0.3 is 0 Å². The first-order valence-corrected chi connectivity index (χ1v) is 7.57. The molecule has 0 atom stereocenters. The average molecular weight is 286 g/mol. The Kier molecular flexibility index (Phi) is 2.67. The van der Waals surface area contributed by atoms with Crippen molar-refractivity contribution >= 4 is 27.5 Å². The largest absolute Gasteiger partial charge is 0.456 e. The van der Waals surface area contributed by atoms with E-state index in [1.54, 1.807) is 0 Å². The molecule has 1 heterocycles.